The van der Waals surface area contributed by atoms with Gasteiger partial charge in [-0.2, -0.15) is 4.31 Å². The van der Waals surface area contributed by atoms with E-state index in [1.165, 1.54) is 0 Å². The lowest BCUT2D eigenvalue weighted by molar-refractivity contribution is 0.0956. The summed E-state index contributed by atoms with van der Waals surface area (Å²) in [6.45, 7) is 1.69. The zero-order chi connectivity index (χ0) is 20.3. The maximum Gasteiger partial charge on any atom is 0.251 e. The number of amides is 1. The molecule has 1 amide bonds. The average Bonchev–Trinajstić information content (AvgIpc) is 3.29. The van der Waals surface area contributed by atoms with Gasteiger partial charge < -0.3 is 5.32 Å². The van der Waals surface area contributed by atoms with E-state index in [1.54, 1.807) is 16.4 Å². The summed E-state index contributed by atoms with van der Waals surface area (Å²) in [5, 5.41) is 4.93. The van der Waals surface area contributed by atoms with E-state index < -0.39 is 10.0 Å². The average molecular weight is 409 g/mol. The molecule has 0 spiro atoms. The molecule has 1 heterocycles. The van der Waals surface area contributed by atoms with Gasteiger partial charge in [0, 0.05) is 25.2 Å². The Morgan fingerprint density at radius 3 is 2.34 bits per heavy atom. The summed E-state index contributed by atoms with van der Waals surface area (Å²) in [5.74, 6) is -0.102. The predicted molar refractivity (Wildman–Crippen MR) is 114 cm³/mol. The van der Waals surface area contributed by atoms with Crippen LogP contribution in [0.25, 0.3) is 10.8 Å². The second kappa shape index (κ2) is 8.35. The zero-order valence-corrected chi connectivity index (χ0v) is 17.0. The van der Waals surface area contributed by atoms with E-state index >= 15 is 0 Å². The van der Waals surface area contributed by atoms with Crippen LogP contribution in [0.2, 0.25) is 0 Å². The molecule has 1 aliphatic rings. The molecule has 5 nitrogen and oxygen atoms in total. The number of rotatable bonds is 6. The summed E-state index contributed by atoms with van der Waals surface area (Å²) in [5.41, 5.74) is 1.65. The molecule has 0 radical (unpaired) electrons. The maximum absolute atomic E-state index is 12.6. The largest absolute Gasteiger partial charge is 0.352 e. The van der Waals surface area contributed by atoms with Crippen LogP contribution in [0.3, 0.4) is 0 Å². The summed E-state index contributed by atoms with van der Waals surface area (Å²) in [6.07, 6.45) is 2.49. The Balaban J connectivity index is 1.37. The monoisotopic (exact) mass is 408 g/mol. The standard InChI is InChI=1S/C23H24N2O3S/c26-23(22-9-5-7-19-6-1-2-8-21(19)22)24-15-14-18-10-12-20(13-11-18)29(27,28)25-16-3-4-17-25/h1-2,5-13H,3-4,14-17H2,(H,24,26). The highest BCUT2D eigenvalue weighted by atomic mass is 32.2. The summed E-state index contributed by atoms with van der Waals surface area (Å²) < 4.78 is 26.7. The lowest BCUT2D eigenvalue weighted by Gasteiger charge is -2.15. The Morgan fingerprint density at radius 2 is 1.59 bits per heavy atom. The van der Waals surface area contributed by atoms with Gasteiger partial charge in [-0.15, -0.1) is 0 Å². The van der Waals surface area contributed by atoms with Crippen molar-refractivity contribution in [3.05, 3.63) is 77.9 Å². The minimum Gasteiger partial charge on any atom is -0.352 e. The van der Waals surface area contributed by atoms with Gasteiger partial charge in [0.15, 0.2) is 0 Å². The van der Waals surface area contributed by atoms with Crippen LogP contribution in [0, 0.1) is 0 Å². The number of carbonyl (C=O) groups excluding carboxylic acids is 1. The van der Waals surface area contributed by atoms with Gasteiger partial charge in [0.1, 0.15) is 0 Å². The first-order chi connectivity index (χ1) is 14.1. The van der Waals surface area contributed by atoms with Gasteiger partial charge >= 0.3 is 0 Å². The smallest absolute Gasteiger partial charge is 0.251 e. The van der Waals surface area contributed by atoms with Crippen LogP contribution in [0.1, 0.15) is 28.8 Å². The number of hydrogen-bond donors (Lipinski definition) is 1. The van der Waals surface area contributed by atoms with Crippen molar-refractivity contribution in [3.8, 4) is 0 Å². The minimum absolute atomic E-state index is 0.102. The van der Waals surface area contributed by atoms with Crippen molar-refractivity contribution in [2.45, 2.75) is 24.2 Å². The molecule has 0 saturated carbocycles. The van der Waals surface area contributed by atoms with Gasteiger partial charge in [-0.25, -0.2) is 8.42 Å². The molecule has 3 aromatic rings. The van der Waals surface area contributed by atoms with Crippen molar-refractivity contribution in [1.29, 1.82) is 0 Å². The van der Waals surface area contributed by atoms with Crippen molar-refractivity contribution in [2.24, 2.45) is 0 Å². The molecule has 29 heavy (non-hydrogen) atoms. The Hall–Kier alpha value is -2.70. The van der Waals surface area contributed by atoms with Crippen LogP contribution >= 0.6 is 0 Å². The molecule has 1 saturated heterocycles. The lowest BCUT2D eigenvalue weighted by Crippen LogP contribution is -2.28. The second-order valence-corrected chi connectivity index (χ2v) is 9.23. The zero-order valence-electron chi connectivity index (χ0n) is 16.2. The molecule has 3 aromatic carbocycles. The third kappa shape index (κ3) is 4.18. The molecular formula is C23H24N2O3S. The SMILES string of the molecule is O=C(NCCc1ccc(S(=O)(=O)N2CCCC2)cc1)c1cccc2ccccc12. The fourth-order valence-corrected chi connectivity index (χ4v) is 5.26. The third-order valence-corrected chi connectivity index (χ3v) is 7.27. The first-order valence-electron chi connectivity index (χ1n) is 9.91. The van der Waals surface area contributed by atoms with Crippen molar-refractivity contribution in [1.82, 2.24) is 9.62 Å². The van der Waals surface area contributed by atoms with Crippen molar-refractivity contribution in [3.63, 3.8) is 0 Å². The van der Waals surface area contributed by atoms with Crippen molar-refractivity contribution >= 4 is 26.7 Å². The quantitative estimate of drug-likeness (QED) is 0.678. The van der Waals surface area contributed by atoms with Gasteiger partial charge in [-0.1, -0.05) is 48.5 Å². The molecule has 0 unspecified atom stereocenters. The van der Waals surface area contributed by atoms with Crippen molar-refractivity contribution < 1.29 is 13.2 Å². The van der Waals surface area contributed by atoms with Crippen LogP contribution in [0.15, 0.2) is 71.6 Å². The Labute approximate surface area is 171 Å². The molecular weight excluding hydrogens is 384 g/mol. The Bertz CT molecular complexity index is 1110. The van der Waals surface area contributed by atoms with E-state index in [0.717, 1.165) is 29.2 Å². The van der Waals surface area contributed by atoms with E-state index in [1.807, 2.05) is 54.6 Å². The van der Waals surface area contributed by atoms with Crippen LogP contribution in [-0.2, 0) is 16.4 Å². The number of fused-ring (bicyclic) bond motifs is 1. The van der Waals surface area contributed by atoms with Crippen LogP contribution in [0.5, 0.6) is 0 Å². The molecule has 150 valence electrons. The summed E-state index contributed by atoms with van der Waals surface area (Å²) in [4.78, 5) is 12.9. The van der Waals surface area contributed by atoms with Gasteiger partial charge in [0.05, 0.1) is 4.90 Å². The fourth-order valence-electron chi connectivity index (χ4n) is 3.74. The Kier molecular flexibility index (Phi) is 5.65. The minimum atomic E-state index is -3.38. The van der Waals surface area contributed by atoms with Gasteiger partial charge in [-0.05, 0) is 53.8 Å². The molecule has 4 rings (SSSR count). The van der Waals surface area contributed by atoms with Crippen molar-refractivity contribution in [2.75, 3.05) is 19.6 Å². The third-order valence-electron chi connectivity index (χ3n) is 5.36. The highest BCUT2D eigenvalue weighted by Crippen LogP contribution is 2.21. The highest BCUT2D eigenvalue weighted by Gasteiger charge is 2.26. The number of carbonyl (C=O) groups is 1. The summed E-state index contributed by atoms with van der Waals surface area (Å²) in [7, 11) is -3.38. The number of nitrogens with one attached hydrogen (secondary N) is 1. The van der Waals surface area contributed by atoms with Crippen LogP contribution in [-0.4, -0.2) is 38.3 Å². The van der Waals surface area contributed by atoms with E-state index in [9.17, 15) is 13.2 Å². The molecule has 0 atom stereocenters. The van der Waals surface area contributed by atoms with Gasteiger partial charge in [-0.3, -0.25) is 4.79 Å². The van der Waals surface area contributed by atoms with Gasteiger partial charge in [0.25, 0.3) is 5.91 Å². The van der Waals surface area contributed by atoms with Crippen LogP contribution in [0.4, 0.5) is 0 Å². The first-order valence-corrected chi connectivity index (χ1v) is 11.3. The Morgan fingerprint density at radius 1 is 0.897 bits per heavy atom. The molecule has 0 aliphatic carbocycles. The molecule has 1 fully saturated rings. The van der Waals surface area contributed by atoms with Gasteiger partial charge in [0.2, 0.25) is 10.0 Å². The topological polar surface area (TPSA) is 66.5 Å². The summed E-state index contributed by atoms with van der Waals surface area (Å²) in [6, 6.07) is 20.5. The molecule has 1 N–H and O–H groups in total. The van der Waals surface area contributed by atoms with Crippen LogP contribution < -0.4 is 5.32 Å². The predicted octanol–water partition coefficient (Wildman–Crippen LogP) is 3.60. The van der Waals surface area contributed by atoms with E-state index in [0.29, 0.717) is 36.5 Å². The molecule has 6 heteroatoms. The van der Waals surface area contributed by atoms with E-state index in [4.69, 9.17) is 0 Å². The normalized spacial score (nSPS) is 14.9. The maximum atomic E-state index is 12.6. The number of sulfonamides is 1. The lowest BCUT2D eigenvalue weighted by atomic mass is 10.0. The number of nitrogens with zero attached hydrogens (tertiary/aromatic N) is 1. The molecule has 0 bridgehead atoms. The summed E-state index contributed by atoms with van der Waals surface area (Å²) >= 11 is 0. The fraction of sp³-hybridized carbons (Fsp3) is 0.261. The highest BCUT2D eigenvalue weighted by molar-refractivity contribution is 7.89. The second-order valence-electron chi connectivity index (χ2n) is 7.29. The molecule has 1 aliphatic heterocycles. The van der Waals surface area contributed by atoms with E-state index in [2.05, 4.69) is 5.32 Å². The first kappa shape index (κ1) is 19.6. The van der Waals surface area contributed by atoms with E-state index in [-0.39, 0.29) is 5.91 Å². The number of benzene rings is 3. The number of hydrogen-bond acceptors (Lipinski definition) is 3. The molecule has 0 aromatic heterocycles.